The molecule has 1 heterocycles. The summed E-state index contributed by atoms with van der Waals surface area (Å²) < 4.78 is 0. The second-order valence-corrected chi connectivity index (χ2v) is 7.03. The van der Waals surface area contributed by atoms with Crippen LogP contribution in [-0.2, 0) is 0 Å². The fourth-order valence-corrected chi connectivity index (χ4v) is 4.58. The molecule has 1 aliphatic heterocycles. The number of nitrogens with one attached hydrogen (secondary N) is 1. The number of nitrogens with zero attached hydrogens (tertiary/aromatic N) is 1. The molecule has 0 aliphatic carbocycles. The molecule has 1 fully saturated rings. The summed E-state index contributed by atoms with van der Waals surface area (Å²) in [6.07, 6.45) is -0.506. The quantitative estimate of drug-likeness (QED) is 0.870. The molecule has 3 nitrogen and oxygen atoms in total. The van der Waals surface area contributed by atoms with Gasteiger partial charge < -0.3 is 10.4 Å². The van der Waals surface area contributed by atoms with Gasteiger partial charge in [-0.3, -0.25) is 0 Å². The Kier molecular flexibility index (Phi) is 6.05. The van der Waals surface area contributed by atoms with Gasteiger partial charge in [0.25, 0.3) is 0 Å². The summed E-state index contributed by atoms with van der Waals surface area (Å²) in [5.74, 6) is 3.69. The molecule has 1 aliphatic rings. The van der Waals surface area contributed by atoms with E-state index in [0.29, 0.717) is 17.4 Å². The number of rotatable bonds is 5. The van der Waals surface area contributed by atoms with Gasteiger partial charge in [-0.25, -0.2) is 0 Å². The minimum atomic E-state index is -0.506. The predicted molar refractivity (Wildman–Crippen MR) is 82.6 cm³/mol. The molecular formula is C14H18N2OS2. The lowest BCUT2D eigenvalue weighted by Gasteiger charge is -2.22. The molecule has 0 bridgehead atoms. The molecule has 2 rings (SSSR count). The maximum atomic E-state index is 10.1. The van der Waals surface area contributed by atoms with Gasteiger partial charge in [-0.1, -0.05) is 12.1 Å². The Morgan fingerprint density at radius 1 is 1.37 bits per heavy atom. The van der Waals surface area contributed by atoms with Crippen molar-refractivity contribution in [2.75, 3.05) is 30.3 Å². The Balaban J connectivity index is 1.73. The molecule has 5 heteroatoms. The van der Waals surface area contributed by atoms with E-state index in [1.807, 2.05) is 35.7 Å². The summed E-state index contributed by atoms with van der Waals surface area (Å²) in [6.45, 7) is 1.51. The maximum Gasteiger partial charge on any atom is 0.0991 e. The predicted octanol–water partition coefficient (Wildman–Crippen LogP) is 2.03. The molecule has 19 heavy (non-hydrogen) atoms. The van der Waals surface area contributed by atoms with Crippen LogP contribution in [-0.4, -0.2) is 40.7 Å². The Morgan fingerprint density at radius 3 is 2.79 bits per heavy atom. The molecule has 102 valence electrons. The first kappa shape index (κ1) is 14.7. The van der Waals surface area contributed by atoms with Crippen LogP contribution in [0.5, 0.6) is 0 Å². The SMILES string of the molecule is N#Cc1ccc(C(O)CNCC2CSCCS2)cc1. The van der Waals surface area contributed by atoms with Crippen LogP contribution < -0.4 is 5.32 Å². The minimum absolute atomic E-state index is 0.506. The molecule has 1 aromatic carbocycles. The lowest BCUT2D eigenvalue weighted by atomic mass is 10.1. The van der Waals surface area contributed by atoms with E-state index in [-0.39, 0.29) is 0 Å². The summed E-state index contributed by atoms with van der Waals surface area (Å²) >= 11 is 4.02. The van der Waals surface area contributed by atoms with Crippen LogP contribution in [0, 0.1) is 11.3 Å². The molecule has 0 amide bonds. The first-order valence-corrected chi connectivity index (χ1v) is 8.58. The highest BCUT2D eigenvalue weighted by Gasteiger charge is 2.14. The van der Waals surface area contributed by atoms with Gasteiger partial charge in [-0.05, 0) is 17.7 Å². The summed E-state index contributed by atoms with van der Waals surface area (Å²) in [7, 11) is 0. The number of hydrogen-bond acceptors (Lipinski definition) is 5. The topological polar surface area (TPSA) is 56.0 Å². The van der Waals surface area contributed by atoms with Crippen molar-refractivity contribution in [2.45, 2.75) is 11.4 Å². The minimum Gasteiger partial charge on any atom is -0.387 e. The van der Waals surface area contributed by atoms with E-state index >= 15 is 0 Å². The van der Waals surface area contributed by atoms with Crippen molar-refractivity contribution in [3.8, 4) is 6.07 Å². The highest BCUT2D eigenvalue weighted by molar-refractivity contribution is 8.06. The summed E-state index contributed by atoms with van der Waals surface area (Å²) in [5, 5.41) is 22.8. The fourth-order valence-electron chi connectivity index (χ4n) is 1.93. The van der Waals surface area contributed by atoms with E-state index in [0.717, 1.165) is 12.1 Å². The van der Waals surface area contributed by atoms with Crippen LogP contribution >= 0.6 is 23.5 Å². The van der Waals surface area contributed by atoms with E-state index in [1.165, 1.54) is 17.3 Å². The second kappa shape index (κ2) is 7.81. The molecule has 0 saturated carbocycles. The molecule has 1 saturated heterocycles. The summed E-state index contributed by atoms with van der Waals surface area (Å²) in [6, 6.07) is 9.19. The highest BCUT2D eigenvalue weighted by atomic mass is 32.2. The number of nitriles is 1. The lowest BCUT2D eigenvalue weighted by molar-refractivity contribution is 0.175. The van der Waals surface area contributed by atoms with Crippen LogP contribution in [0.2, 0.25) is 0 Å². The van der Waals surface area contributed by atoms with Gasteiger partial charge >= 0.3 is 0 Å². The van der Waals surface area contributed by atoms with Crippen molar-refractivity contribution in [3.63, 3.8) is 0 Å². The van der Waals surface area contributed by atoms with Gasteiger partial charge in [0.2, 0.25) is 0 Å². The standard InChI is InChI=1S/C14H18N2OS2/c15-7-11-1-3-12(4-2-11)14(17)9-16-8-13-10-18-5-6-19-13/h1-4,13-14,16-17H,5-6,8-10H2. The number of aliphatic hydroxyl groups excluding tert-OH is 1. The van der Waals surface area contributed by atoms with Crippen LogP contribution in [0.1, 0.15) is 17.2 Å². The molecule has 0 spiro atoms. The molecule has 0 radical (unpaired) electrons. The van der Waals surface area contributed by atoms with Crippen LogP contribution in [0.25, 0.3) is 0 Å². The van der Waals surface area contributed by atoms with Crippen molar-refractivity contribution >= 4 is 23.5 Å². The smallest absolute Gasteiger partial charge is 0.0991 e. The van der Waals surface area contributed by atoms with E-state index in [4.69, 9.17) is 5.26 Å². The second-order valence-electron chi connectivity index (χ2n) is 4.48. The Labute approximate surface area is 122 Å². The zero-order valence-electron chi connectivity index (χ0n) is 10.7. The van der Waals surface area contributed by atoms with Crippen LogP contribution in [0.15, 0.2) is 24.3 Å². The largest absolute Gasteiger partial charge is 0.387 e. The van der Waals surface area contributed by atoms with E-state index in [1.54, 1.807) is 12.1 Å². The lowest BCUT2D eigenvalue weighted by Crippen LogP contribution is -2.31. The average Bonchev–Trinajstić information content (AvgIpc) is 2.48. The molecule has 2 atom stereocenters. The summed E-state index contributed by atoms with van der Waals surface area (Å²) in [5.41, 5.74) is 1.48. The monoisotopic (exact) mass is 294 g/mol. The number of aliphatic hydroxyl groups is 1. The van der Waals surface area contributed by atoms with Gasteiger partial charge in [-0.2, -0.15) is 28.8 Å². The number of hydrogen-bond donors (Lipinski definition) is 2. The Bertz CT molecular complexity index is 424. The zero-order valence-corrected chi connectivity index (χ0v) is 12.3. The number of benzene rings is 1. The summed E-state index contributed by atoms with van der Waals surface area (Å²) in [4.78, 5) is 0. The Morgan fingerprint density at radius 2 is 2.16 bits per heavy atom. The zero-order chi connectivity index (χ0) is 13.5. The van der Waals surface area contributed by atoms with Crippen molar-refractivity contribution in [2.24, 2.45) is 0 Å². The third-order valence-corrected chi connectivity index (χ3v) is 5.86. The van der Waals surface area contributed by atoms with Crippen molar-refractivity contribution in [1.82, 2.24) is 5.32 Å². The third kappa shape index (κ3) is 4.73. The highest BCUT2D eigenvalue weighted by Crippen LogP contribution is 2.23. The van der Waals surface area contributed by atoms with E-state index < -0.39 is 6.10 Å². The van der Waals surface area contributed by atoms with Gasteiger partial charge in [0.05, 0.1) is 17.7 Å². The van der Waals surface area contributed by atoms with Crippen molar-refractivity contribution in [3.05, 3.63) is 35.4 Å². The fraction of sp³-hybridized carbons (Fsp3) is 0.500. The number of thioether (sulfide) groups is 2. The van der Waals surface area contributed by atoms with Gasteiger partial charge in [0.15, 0.2) is 0 Å². The van der Waals surface area contributed by atoms with Gasteiger partial charge in [0, 0.05) is 35.6 Å². The van der Waals surface area contributed by atoms with E-state index in [2.05, 4.69) is 11.4 Å². The van der Waals surface area contributed by atoms with Crippen molar-refractivity contribution in [1.29, 1.82) is 5.26 Å². The van der Waals surface area contributed by atoms with Gasteiger partial charge in [-0.15, -0.1) is 0 Å². The first-order chi connectivity index (χ1) is 9.29. The average molecular weight is 294 g/mol. The van der Waals surface area contributed by atoms with Crippen LogP contribution in [0.3, 0.4) is 0 Å². The molecule has 0 aromatic heterocycles. The van der Waals surface area contributed by atoms with Gasteiger partial charge in [0.1, 0.15) is 0 Å². The molecule has 1 aromatic rings. The Hall–Kier alpha value is -0.670. The molecule has 2 N–H and O–H groups in total. The third-order valence-electron chi connectivity index (χ3n) is 3.02. The first-order valence-electron chi connectivity index (χ1n) is 6.38. The molecule has 2 unspecified atom stereocenters. The van der Waals surface area contributed by atoms with E-state index in [9.17, 15) is 5.11 Å². The normalized spacial score (nSPS) is 20.7. The molecular weight excluding hydrogens is 276 g/mol. The van der Waals surface area contributed by atoms with Crippen molar-refractivity contribution < 1.29 is 5.11 Å². The van der Waals surface area contributed by atoms with Crippen LogP contribution in [0.4, 0.5) is 0 Å². The maximum absolute atomic E-state index is 10.1.